The van der Waals surface area contributed by atoms with Crippen LogP contribution in [0.25, 0.3) is 11.1 Å². The Labute approximate surface area is 108 Å². The van der Waals surface area contributed by atoms with E-state index in [2.05, 4.69) is 4.98 Å². The molecule has 6 nitrogen and oxygen atoms in total. The van der Waals surface area contributed by atoms with Crippen molar-refractivity contribution < 1.29 is 19.4 Å². The van der Waals surface area contributed by atoms with Crippen molar-refractivity contribution in [1.29, 1.82) is 0 Å². The second kappa shape index (κ2) is 4.16. The highest BCUT2D eigenvalue weighted by Gasteiger charge is 2.18. The van der Waals surface area contributed by atoms with Gasteiger partial charge in [-0.15, -0.1) is 0 Å². The van der Waals surface area contributed by atoms with E-state index < -0.39 is 5.97 Å². The van der Waals surface area contributed by atoms with Crippen molar-refractivity contribution in [3.05, 3.63) is 36.0 Å². The molecule has 0 unspecified atom stereocenters. The molecule has 3 N–H and O–H groups in total. The molecule has 0 bridgehead atoms. The minimum atomic E-state index is -1.13. The van der Waals surface area contributed by atoms with Gasteiger partial charge < -0.3 is 20.3 Å². The summed E-state index contributed by atoms with van der Waals surface area (Å²) in [6, 6.07) is 8.41. The van der Waals surface area contributed by atoms with Gasteiger partial charge in [-0.2, -0.15) is 0 Å². The normalized spacial score (nSPS) is 12.4. The fourth-order valence-corrected chi connectivity index (χ4v) is 1.93. The molecule has 19 heavy (non-hydrogen) atoms. The summed E-state index contributed by atoms with van der Waals surface area (Å²) in [5.74, 6) is 0.275. The summed E-state index contributed by atoms with van der Waals surface area (Å²) in [6.45, 7) is 0.171. The molecule has 1 aromatic heterocycles. The Hall–Kier alpha value is -2.76. The molecule has 0 atom stereocenters. The summed E-state index contributed by atoms with van der Waals surface area (Å²) in [4.78, 5) is 15.1. The number of rotatable bonds is 2. The zero-order valence-corrected chi connectivity index (χ0v) is 9.79. The van der Waals surface area contributed by atoms with Gasteiger partial charge in [0.05, 0.1) is 0 Å². The first-order chi connectivity index (χ1) is 9.15. The van der Waals surface area contributed by atoms with Crippen LogP contribution in [0.2, 0.25) is 0 Å². The molecule has 96 valence electrons. The Bertz CT molecular complexity index is 670. The molecular formula is C13H10N2O4. The standard InChI is InChI=1S/C13H10N2O4/c14-11-4-2-8(12(15-11)13(16)17)7-1-3-9-10(5-7)19-6-18-9/h1-5H,6H2,(H2,14,15)(H,16,17). The lowest BCUT2D eigenvalue weighted by molar-refractivity contribution is 0.0691. The third-order valence-electron chi connectivity index (χ3n) is 2.80. The summed E-state index contributed by atoms with van der Waals surface area (Å²) >= 11 is 0. The molecule has 3 rings (SSSR count). The van der Waals surface area contributed by atoms with Gasteiger partial charge in [-0.1, -0.05) is 6.07 Å². The fraction of sp³-hybridized carbons (Fsp3) is 0.0769. The van der Waals surface area contributed by atoms with Crippen LogP contribution in [0, 0.1) is 0 Å². The number of hydrogen-bond acceptors (Lipinski definition) is 5. The highest BCUT2D eigenvalue weighted by Crippen LogP contribution is 2.36. The van der Waals surface area contributed by atoms with Gasteiger partial charge in [0.25, 0.3) is 0 Å². The van der Waals surface area contributed by atoms with Crippen molar-refractivity contribution in [2.24, 2.45) is 0 Å². The van der Waals surface area contributed by atoms with Crippen LogP contribution in [0.15, 0.2) is 30.3 Å². The number of carboxylic acid groups (broad SMARTS) is 1. The van der Waals surface area contributed by atoms with Gasteiger partial charge >= 0.3 is 5.97 Å². The van der Waals surface area contributed by atoms with E-state index in [9.17, 15) is 9.90 Å². The van der Waals surface area contributed by atoms with E-state index in [0.717, 1.165) is 0 Å². The van der Waals surface area contributed by atoms with E-state index >= 15 is 0 Å². The first-order valence-electron chi connectivity index (χ1n) is 5.55. The van der Waals surface area contributed by atoms with Crippen molar-refractivity contribution in [3.63, 3.8) is 0 Å². The Kier molecular flexibility index (Phi) is 2.49. The number of benzene rings is 1. The molecule has 0 amide bonds. The van der Waals surface area contributed by atoms with E-state index in [-0.39, 0.29) is 18.3 Å². The number of anilines is 1. The Morgan fingerprint density at radius 3 is 2.79 bits per heavy atom. The van der Waals surface area contributed by atoms with Crippen LogP contribution in [-0.2, 0) is 0 Å². The first kappa shape index (κ1) is 11.3. The van der Waals surface area contributed by atoms with Crippen LogP contribution in [0.3, 0.4) is 0 Å². The lowest BCUT2D eigenvalue weighted by Gasteiger charge is -2.07. The second-order valence-electron chi connectivity index (χ2n) is 4.01. The third-order valence-corrected chi connectivity index (χ3v) is 2.80. The van der Waals surface area contributed by atoms with Gasteiger partial charge in [0.1, 0.15) is 5.82 Å². The van der Waals surface area contributed by atoms with E-state index in [1.807, 2.05) is 0 Å². The van der Waals surface area contributed by atoms with Crippen molar-refractivity contribution in [2.75, 3.05) is 12.5 Å². The Balaban J connectivity index is 2.14. The van der Waals surface area contributed by atoms with Crippen molar-refractivity contribution in [2.45, 2.75) is 0 Å². The van der Waals surface area contributed by atoms with Crippen LogP contribution in [0.5, 0.6) is 11.5 Å². The predicted octanol–water partition coefficient (Wildman–Crippen LogP) is 1.76. The summed E-state index contributed by atoms with van der Waals surface area (Å²) in [7, 11) is 0. The van der Waals surface area contributed by atoms with Crippen LogP contribution >= 0.6 is 0 Å². The van der Waals surface area contributed by atoms with Crippen LogP contribution in [-0.4, -0.2) is 22.9 Å². The van der Waals surface area contributed by atoms with Crippen LogP contribution < -0.4 is 15.2 Å². The average Bonchev–Trinajstić information content (AvgIpc) is 2.85. The minimum absolute atomic E-state index is 0.0844. The zero-order valence-electron chi connectivity index (χ0n) is 9.79. The third kappa shape index (κ3) is 1.93. The van der Waals surface area contributed by atoms with E-state index in [4.69, 9.17) is 15.2 Å². The lowest BCUT2D eigenvalue weighted by atomic mass is 10.0. The topological polar surface area (TPSA) is 94.7 Å². The van der Waals surface area contributed by atoms with Gasteiger partial charge in [-0.05, 0) is 29.8 Å². The number of carboxylic acids is 1. The monoisotopic (exact) mass is 258 g/mol. The molecule has 1 aromatic carbocycles. The molecule has 6 heteroatoms. The maximum Gasteiger partial charge on any atom is 0.355 e. The van der Waals surface area contributed by atoms with E-state index in [1.165, 1.54) is 0 Å². The Morgan fingerprint density at radius 1 is 1.21 bits per heavy atom. The molecule has 0 radical (unpaired) electrons. The quantitative estimate of drug-likeness (QED) is 0.852. The van der Waals surface area contributed by atoms with Crippen molar-refractivity contribution >= 4 is 11.8 Å². The molecule has 2 aromatic rings. The van der Waals surface area contributed by atoms with Gasteiger partial charge in [0.2, 0.25) is 6.79 Å². The predicted molar refractivity (Wildman–Crippen MR) is 67.2 cm³/mol. The molecule has 2 heterocycles. The largest absolute Gasteiger partial charge is 0.476 e. The fourth-order valence-electron chi connectivity index (χ4n) is 1.93. The lowest BCUT2D eigenvalue weighted by Crippen LogP contribution is -2.05. The van der Waals surface area contributed by atoms with Crippen LogP contribution in [0.4, 0.5) is 5.82 Å². The van der Waals surface area contributed by atoms with Crippen LogP contribution in [0.1, 0.15) is 10.5 Å². The summed E-state index contributed by atoms with van der Waals surface area (Å²) < 4.78 is 10.5. The maximum absolute atomic E-state index is 11.2. The smallest absolute Gasteiger partial charge is 0.355 e. The minimum Gasteiger partial charge on any atom is -0.476 e. The molecule has 0 saturated carbocycles. The average molecular weight is 258 g/mol. The van der Waals surface area contributed by atoms with E-state index in [0.29, 0.717) is 22.6 Å². The highest BCUT2D eigenvalue weighted by molar-refractivity contribution is 5.94. The second-order valence-corrected chi connectivity index (χ2v) is 4.01. The van der Waals surface area contributed by atoms with Gasteiger partial charge in [0, 0.05) is 5.56 Å². The molecule has 1 aliphatic rings. The molecule has 0 saturated heterocycles. The summed E-state index contributed by atoms with van der Waals surface area (Å²) in [5, 5.41) is 9.17. The highest BCUT2D eigenvalue weighted by atomic mass is 16.7. The number of ether oxygens (including phenoxy) is 2. The summed E-state index contributed by atoms with van der Waals surface area (Å²) in [5.41, 5.74) is 6.61. The SMILES string of the molecule is Nc1ccc(-c2ccc3c(c2)OCO3)c(C(=O)O)n1. The molecular weight excluding hydrogens is 248 g/mol. The molecule has 0 aliphatic carbocycles. The summed E-state index contributed by atoms with van der Waals surface area (Å²) in [6.07, 6.45) is 0. The van der Waals surface area contributed by atoms with Gasteiger partial charge in [-0.3, -0.25) is 0 Å². The number of aromatic carboxylic acids is 1. The number of hydrogen-bond donors (Lipinski definition) is 2. The number of nitrogen functional groups attached to an aromatic ring is 1. The van der Waals surface area contributed by atoms with Gasteiger partial charge in [0.15, 0.2) is 17.2 Å². The molecule has 0 spiro atoms. The van der Waals surface area contributed by atoms with E-state index in [1.54, 1.807) is 30.3 Å². The zero-order chi connectivity index (χ0) is 13.4. The maximum atomic E-state index is 11.2. The Morgan fingerprint density at radius 2 is 2.00 bits per heavy atom. The number of nitrogens with two attached hydrogens (primary N) is 1. The van der Waals surface area contributed by atoms with Gasteiger partial charge in [-0.25, -0.2) is 9.78 Å². The van der Waals surface area contributed by atoms with Crippen molar-refractivity contribution in [3.8, 4) is 22.6 Å². The first-order valence-corrected chi connectivity index (χ1v) is 5.55. The number of fused-ring (bicyclic) bond motifs is 1. The molecule has 0 fully saturated rings. The number of nitrogens with zero attached hydrogens (tertiary/aromatic N) is 1. The number of carbonyl (C=O) groups is 1. The number of pyridine rings is 1. The number of aromatic nitrogens is 1. The molecule has 1 aliphatic heterocycles. The van der Waals surface area contributed by atoms with Crippen molar-refractivity contribution in [1.82, 2.24) is 4.98 Å².